The number of nitrogens with zero attached hydrogens (tertiary/aromatic N) is 1. The van der Waals surface area contributed by atoms with E-state index in [1.165, 1.54) is 4.90 Å². The molecule has 26 heavy (non-hydrogen) atoms. The zero-order valence-corrected chi connectivity index (χ0v) is 14.3. The number of hydrogen-bond acceptors (Lipinski definition) is 5. The van der Waals surface area contributed by atoms with Crippen LogP contribution in [0.15, 0.2) is 30.3 Å². The first kappa shape index (κ1) is 19.4. The van der Waals surface area contributed by atoms with Gasteiger partial charge in [-0.3, -0.25) is 19.2 Å². The van der Waals surface area contributed by atoms with Gasteiger partial charge in [0.1, 0.15) is 12.6 Å². The van der Waals surface area contributed by atoms with Gasteiger partial charge in [0.2, 0.25) is 11.8 Å². The Balaban J connectivity index is 1.90. The van der Waals surface area contributed by atoms with Crippen LogP contribution in [0.25, 0.3) is 0 Å². The van der Waals surface area contributed by atoms with Gasteiger partial charge in [-0.15, -0.1) is 0 Å². The number of nitrogens with one attached hydrogen (secondary N) is 1. The summed E-state index contributed by atoms with van der Waals surface area (Å²) in [6, 6.07) is 8.22. The highest BCUT2D eigenvalue weighted by molar-refractivity contribution is 5.92. The Morgan fingerprint density at radius 3 is 2.62 bits per heavy atom. The fourth-order valence-corrected chi connectivity index (χ4v) is 2.71. The van der Waals surface area contributed by atoms with Gasteiger partial charge in [-0.2, -0.15) is 0 Å². The van der Waals surface area contributed by atoms with Gasteiger partial charge >= 0.3 is 11.9 Å². The molecule has 0 bridgehead atoms. The van der Waals surface area contributed by atoms with Crippen LogP contribution in [-0.2, 0) is 30.5 Å². The third kappa shape index (κ3) is 5.87. The quantitative estimate of drug-likeness (QED) is 0.658. The lowest BCUT2D eigenvalue weighted by Crippen LogP contribution is -2.57. The predicted octanol–water partition coefficient (Wildman–Crippen LogP) is 0.702. The molecule has 0 saturated carbocycles. The number of ether oxygens (including phenoxy) is 1. The van der Waals surface area contributed by atoms with Crippen LogP contribution in [0.3, 0.4) is 0 Å². The van der Waals surface area contributed by atoms with Crippen molar-refractivity contribution in [1.82, 2.24) is 10.2 Å². The topological polar surface area (TPSA) is 113 Å². The van der Waals surface area contributed by atoms with Gasteiger partial charge in [0.05, 0.1) is 6.42 Å². The fourth-order valence-electron chi connectivity index (χ4n) is 2.71. The normalized spacial score (nSPS) is 16.7. The van der Waals surface area contributed by atoms with Crippen molar-refractivity contribution in [3.63, 3.8) is 0 Å². The van der Waals surface area contributed by atoms with Crippen molar-refractivity contribution in [2.24, 2.45) is 0 Å². The minimum absolute atomic E-state index is 0.0230. The number of carbonyl (C=O) groups excluding carboxylic acids is 3. The summed E-state index contributed by atoms with van der Waals surface area (Å²) in [5.41, 5.74) is 0.829. The summed E-state index contributed by atoms with van der Waals surface area (Å²) in [6.45, 7) is 0.688. The molecule has 0 spiro atoms. The lowest BCUT2D eigenvalue weighted by molar-refractivity contribution is -0.152. The van der Waals surface area contributed by atoms with E-state index in [4.69, 9.17) is 9.84 Å². The van der Waals surface area contributed by atoms with Gasteiger partial charge in [-0.25, -0.2) is 0 Å². The van der Waals surface area contributed by atoms with Crippen molar-refractivity contribution in [2.75, 3.05) is 13.1 Å². The highest BCUT2D eigenvalue weighted by atomic mass is 16.5. The molecule has 0 aliphatic carbocycles. The molecule has 0 radical (unpaired) electrons. The number of benzene rings is 1. The number of carbonyl (C=O) groups is 4. The summed E-state index contributed by atoms with van der Waals surface area (Å²) in [4.78, 5) is 48.4. The molecule has 2 rings (SSSR count). The van der Waals surface area contributed by atoms with Crippen LogP contribution in [0.1, 0.15) is 31.2 Å². The summed E-state index contributed by atoms with van der Waals surface area (Å²) in [5.74, 6) is -2.28. The molecule has 8 heteroatoms. The molecular weight excluding hydrogens is 340 g/mol. The summed E-state index contributed by atoms with van der Waals surface area (Å²) >= 11 is 0. The molecule has 1 aliphatic rings. The first-order chi connectivity index (χ1) is 12.5. The molecule has 1 heterocycles. The van der Waals surface area contributed by atoms with Gasteiger partial charge in [-0.05, 0) is 12.0 Å². The molecule has 1 aliphatic heterocycles. The summed E-state index contributed by atoms with van der Waals surface area (Å²) < 4.78 is 5.19. The minimum atomic E-state index is -0.977. The minimum Gasteiger partial charge on any atom is -0.481 e. The Morgan fingerprint density at radius 1 is 1.19 bits per heavy atom. The third-order valence-corrected chi connectivity index (χ3v) is 4.04. The van der Waals surface area contributed by atoms with Crippen LogP contribution in [0.5, 0.6) is 0 Å². The maximum Gasteiger partial charge on any atom is 0.308 e. The Morgan fingerprint density at radius 2 is 1.92 bits per heavy atom. The second-order valence-electron chi connectivity index (χ2n) is 5.99. The van der Waals surface area contributed by atoms with Crippen molar-refractivity contribution >= 4 is 23.8 Å². The van der Waals surface area contributed by atoms with Crippen LogP contribution in [0, 0.1) is 0 Å². The second-order valence-corrected chi connectivity index (χ2v) is 5.99. The third-order valence-electron chi connectivity index (χ3n) is 4.04. The van der Waals surface area contributed by atoms with Crippen LogP contribution in [0.2, 0.25) is 0 Å². The van der Waals surface area contributed by atoms with Crippen LogP contribution >= 0.6 is 0 Å². The number of rotatable bonds is 8. The van der Waals surface area contributed by atoms with Crippen molar-refractivity contribution in [2.45, 2.75) is 38.3 Å². The SMILES string of the molecule is O=C(O)CCCC(=O)N1CCNC(=O)C1CC(=O)OCc1ccccc1. The predicted molar refractivity (Wildman–Crippen MR) is 90.9 cm³/mol. The molecule has 2 N–H and O–H groups in total. The Kier molecular flexibility index (Phi) is 7.13. The number of esters is 1. The molecule has 1 atom stereocenters. The summed E-state index contributed by atoms with van der Waals surface area (Å²) in [5, 5.41) is 11.3. The number of carboxylic acid groups (broad SMARTS) is 1. The number of hydrogen-bond donors (Lipinski definition) is 2. The molecule has 1 aromatic rings. The lowest BCUT2D eigenvalue weighted by atomic mass is 10.1. The molecule has 0 aromatic heterocycles. The van der Waals surface area contributed by atoms with Gasteiger partial charge in [0.25, 0.3) is 0 Å². The molecule has 1 aromatic carbocycles. The van der Waals surface area contributed by atoms with Gasteiger partial charge in [0, 0.05) is 25.9 Å². The number of piperazine rings is 1. The maximum atomic E-state index is 12.3. The average Bonchev–Trinajstić information content (AvgIpc) is 2.62. The highest BCUT2D eigenvalue weighted by Gasteiger charge is 2.34. The zero-order chi connectivity index (χ0) is 18.9. The molecule has 8 nitrogen and oxygen atoms in total. The highest BCUT2D eigenvalue weighted by Crippen LogP contribution is 2.14. The second kappa shape index (κ2) is 9.55. The van der Waals surface area contributed by atoms with Crippen LogP contribution in [0.4, 0.5) is 0 Å². The van der Waals surface area contributed by atoms with Gasteiger partial charge in [-0.1, -0.05) is 30.3 Å². The Hall–Kier alpha value is -2.90. The first-order valence-corrected chi connectivity index (χ1v) is 8.46. The average molecular weight is 362 g/mol. The standard InChI is InChI=1S/C18H22N2O6/c21-15(7-4-8-16(22)23)20-10-9-19-18(25)14(20)11-17(24)26-12-13-5-2-1-3-6-13/h1-3,5-6,14H,4,7-12H2,(H,19,25)(H,22,23). The summed E-state index contributed by atoms with van der Waals surface area (Å²) in [7, 11) is 0. The van der Waals surface area contributed by atoms with Gasteiger partial charge in [0.15, 0.2) is 0 Å². The van der Waals surface area contributed by atoms with E-state index in [0.29, 0.717) is 6.54 Å². The van der Waals surface area contributed by atoms with Crippen molar-refractivity contribution in [1.29, 1.82) is 0 Å². The molecule has 1 saturated heterocycles. The van der Waals surface area contributed by atoms with Crippen molar-refractivity contribution in [3.05, 3.63) is 35.9 Å². The first-order valence-electron chi connectivity index (χ1n) is 8.46. The van der Waals surface area contributed by atoms with Crippen LogP contribution < -0.4 is 5.32 Å². The van der Waals surface area contributed by atoms with E-state index in [-0.39, 0.29) is 44.7 Å². The Bertz CT molecular complexity index is 661. The number of aliphatic carboxylic acids is 1. The largest absolute Gasteiger partial charge is 0.481 e. The van der Waals surface area contributed by atoms with E-state index >= 15 is 0 Å². The number of amides is 2. The fraction of sp³-hybridized carbons (Fsp3) is 0.444. The van der Waals surface area contributed by atoms with E-state index in [1.54, 1.807) is 0 Å². The summed E-state index contributed by atoms with van der Waals surface area (Å²) in [6.07, 6.45) is -0.133. The number of carboxylic acids is 1. The molecule has 1 fully saturated rings. The van der Waals surface area contributed by atoms with E-state index < -0.39 is 23.9 Å². The lowest BCUT2D eigenvalue weighted by Gasteiger charge is -2.34. The zero-order valence-electron chi connectivity index (χ0n) is 14.3. The van der Waals surface area contributed by atoms with Crippen LogP contribution in [-0.4, -0.2) is 52.9 Å². The smallest absolute Gasteiger partial charge is 0.308 e. The van der Waals surface area contributed by atoms with Crippen molar-refractivity contribution < 1.29 is 29.0 Å². The molecular formula is C18H22N2O6. The van der Waals surface area contributed by atoms with Crippen molar-refractivity contribution in [3.8, 4) is 0 Å². The Labute approximate surface area is 151 Å². The van der Waals surface area contributed by atoms with E-state index in [1.807, 2.05) is 30.3 Å². The maximum absolute atomic E-state index is 12.3. The van der Waals surface area contributed by atoms with E-state index in [0.717, 1.165) is 5.56 Å². The molecule has 2 amide bonds. The van der Waals surface area contributed by atoms with E-state index in [2.05, 4.69) is 5.32 Å². The molecule has 1 unspecified atom stereocenters. The van der Waals surface area contributed by atoms with E-state index in [9.17, 15) is 19.2 Å². The monoisotopic (exact) mass is 362 g/mol. The molecule has 140 valence electrons. The van der Waals surface area contributed by atoms with Gasteiger partial charge < -0.3 is 20.1 Å².